The van der Waals surface area contributed by atoms with Gasteiger partial charge < -0.3 is 14.8 Å². The van der Waals surface area contributed by atoms with Crippen LogP contribution in [0, 0.1) is 5.92 Å². The van der Waals surface area contributed by atoms with E-state index in [1.165, 1.54) is 38.5 Å². The number of nitrogens with one attached hydrogen (secondary N) is 1. The van der Waals surface area contributed by atoms with Crippen molar-refractivity contribution in [2.24, 2.45) is 5.92 Å². The molecule has 0 radical (unpaired) electrons. The van der Waals surface area contributed by atoms with Crippen molar-refractivity contribution in [3.05, 3.63) is 22.7 Å². The van der Waals surface area contributed by atoms with E-state index in [1.54, 1.807) is 0 Å². The first-order valence-electron chi connectivity index (χ1n) is 8.05. The Hall–Kier alpha value is -0.930. The highest BCUT2D eigenvalue weighted by Crippen LogP contribution is 2.39. The average Bonchev–Trinajstić information content (AvgIpc) is 2.79. The van der Waals surface area contributed by atoms with E-state index in [0.717, 1.165) is 23.8 Å². The van der Waals surface area contributed by atoms with E-state index < -0.39 is 0 Å². The number of fused-ring (bicyclic) bond motifs is 1. The maximum atomic E-state index is 6.23. The summed E-state index contributed by atoms with van der Waals surface area (Å²) >= 11 is 6.23. The minimum atomic E-state index is 0.268. The molecule has 1 heterocycles. The quantitative estimate of drug-likeness (QED) is 0.830. The number of hydrogen-bond donors (Lipinski definition) is 1. The lowest BCUT2D eigenvalue weighted by Gasteiger charge is -2.23. The van der Waals surface area contributed by atoms with Gasteiger partial charge in [0.25, 0.3) is 0 Å². The molecule has 0 bridgehead atoms. The van der Waals surface area contributed by atoms with Gasteiger partial charge in [-0.2, -0.15) is 0 Å². The molecule has 1 aliphatic heterocycles. The summed E-state index contributed by atoms with van der Waals surface area (Å²) in [5.41, 5.74) is 1.16. The van der Waals surface area contributed by atoms with Crippen LogP contribution in [0.25, 0.3) is 0 Å². The van der Waals surface area contributed by atoms with Crippen molar-refractivity contribution >= 4 is 11.6 Å². The molecular formula is C17H24ClNO2. The van der Waals surface area contributed by atoms with Crippen LogP contribution in [0.15, 0.2) is 12.1 Å². The molecule has 1 atom stereocenters. The second-order valence-electron chi connectivity index (χ2n) is 6.23. The molecule has 0 saturated heterocycles. The highest BCUT2D eigenvalue weighted by molar-refractivity contribution is 6.32. The van der Waals surface area contributed by atoms with Crippen LogP contribution in [-0.2, 0) is 6.54 Å². The molecule has 0 spiro atoms. The van der Waals surface area contributed by atoms with Crippen molar-refractivity contribution in [3.8, 4) is 11.5 Å². The van der Waals surface area contributed by atoms with Gasteiger partial charge in [0.2, 0.25) is 6.79 Å². The predicted molar refractivity (Wildman–Crippen MR) is 85.1 cm³/mol. The first-order valence-corrected chi connectivity index (χ1v) is 8.43. The molecule has 1 N–H and O–H groups in total. The van der Waals surface area contributed by atoms with Gasteiger partial charge in [-0.25, -0.2) is 0 Å². The Balaban J connectivity index is 1.58. The van der Waals surface area contributed by atoms with E-state index in [9.17, 15) is 0 Å². The summed E-state index contributed by atoms with van der Waals surface area (Å²) < 4.78 is 10.8. The Kier molecular flexibility index (Phi) is 4.91. The molecule has 1 aromatic rings. The molecule has 4 heteroatoms. The fourth-order valence-corrected chi connectivity index (χ4v) is 3.67. The third-order valence-corrected chi connectivity index (χ3v) is 5.00. The Morgan fingerprint density at radius 1 is 1.19 bits per heavy atom. The van der Waals surface area contributed by atoms with Crippen molar-refractivity contribution in [2.45, 2.75) is 58.0 Å². The average molecular weight is 310 g/mol. The molecule has 2 aliphatic rings. The molecule has 1 fully saturated rings. The van der Waals surface area contributed by atoms with E-state index in [1.807, 2.05) is 12.1 Å². The summed E-state index contributed by atoms with van der Waals surface area (Å²) in [5.74, 6) is 2.25. The summed E-state index contributed by atoms with van der Waals surface area (Å²) in [6, 6.07) is 4.55. The van der Waals surface area contributed by atoms with Gasteiger partial charge >= 0.3 is 0 Å². The van der Waals surface area contributed by atoms with Gasteiger partial charge in [-0.05, 0) is 43.4 Å². The number of halogens is 1. The summed E-state index contributed by atoms with van der Waals surface area (Å²) in [6.07, 6.45) is 8.28. The molecule has 3 rings (SSSR count). The smallest absolute Gasteiger partial charge is 0.231 e. The number of rotatable bonds is 4. The lowest BCUT2D eigenvalue weighted by Crippen LogP contribution is -2.32. The molecule has 116 valence electrons. The third kappa shape index (κ3) is 3.64. The topological polar surface area (TPSA) is 30.5 Å². The molecule has 3 nitrogen and oxygen atoms in total. The Morgan fingerprint density at radius 3 is 2.71 bits per heavy atom. The maximum absolute atomic E-state index is 6.23. The highest BCUT2D eigenvalue weighted by Gasteiger charge is 2.20. The van der Waals surface area contributed by atoms with Crippen molar-refractivity contribution < 1.29 is 9.47 Å². The maximum Gasteiger partial charge on any atom is 0.231 e. The van der Waals surface area contributed by atoms with Crippen LogP contribution < -0.4 is 14.8 Å². The monoisotopic (exact) mass is 309 g/mol. The summed E-state index contributed by atoms with van der Waals surface area (Å²) in [7, 11) is 0. The third-order valence-electron chi connectivity index (χ3n) is 4.72. The second-order valence-corrected chi connectivity index (χ2v) is 6.64. The standard InChI is InChI=1S/C17H24ClNO2/c1-12(14-6-4-2-3-5-7-14)19-10-13-8-15(18)17-16(9-13)20-11-21-17/h8-9,12,14,19H,2-7,10-11H2,1H3/t12-/m1/s1. The van der Waals surface area contributed by atoms with E-state index in [0.29, 0.717) is 16.8 Å². The molecular weight excluding hydrogens is 286 g/mol. The molecule has 1 aliphatic carbocycles. The summed E-state index contributed by atoms with van der Waals surface area (Å²) in [5, 5.41) is 4.30. The molecule has 21 heavy (non-hydrogen) atoms. The van der Waals surface area contributed by atoms with Crippen LogP contribution >= 0.6 is 11.6 Å². The Labute approximate surface area is 132 Å². The highest BCUT2D eigenvalue weighted by atomic mass is 35.5. The first-order chi connectivity index (χ1) is 10.2. The van der Waals surface area contributed by atoms with E-state index in [2.05, 4.69) is 12.2 Å². The van der Waals surface area contributed by atoms with Gasteiger partial charge in [0.15, 0.2) is 11.5 Å². The Bertz CT molecular complexity index is 484. The lowest BCUT2D eigenvalue weighted by molar-refractivity contribution is 0.174. The van der Waals surface area contributed by atoms with Gasteiger partial charge in [-0.1, -0.05) is 37.3 Å². The summed E-state index contributed by atoms with van der Waals surface area (Å²) in [6.45, 7) is 3.41. The van der Waals surface area contributed by atoms with Crippen LogP contribution in [0.1, 0.15) is 51.0 Å². The summed E-state index contributed by atoms with van der Waals surface area (Å²) in [4.78, 5) is 0. The van der Waals surface area contributed by atoms with Crippen LogP contribution in [-0.4, -0.2) is 12.8 Å². The Morgan fingerprint density at radius 2 is 1.95 bits per heavy atom. The van der Waals surface area contributed by atoms with E-state index in [4.69, 9.17) is 21.1 Å². The minimum absolute atomic E-state index is 0.268. The lowest BCUT2D eigenvalue weighted by atomic mass is 9.93. The van der Waals surface area contributed by atoms with E-state index >= 15 is 0 Å². The number of hydrogen-bond acceptors (Lipinski definition) is 3. The SMILES string of the molecule is C[C@@H](NCc1cc(Cl)c2c(c1)OCO2)C1CCCCCC1. The van der Waals surface area contributed by atoms with Crippen molar-refractivity contribution in [1.29, 1.82) is 0 Å². The molecule has 0 unspecified atom stereocenters. The number of benzene rings is 1. The molecule has 1 aromatic carbocycles. The van der Waals surface area contributed by atoms with E-state index in [-0.39, 0.29) is 6.79 Å². The van der Waals surface area contributed by atoms with Gasteiger partial charge in [0.05, 0.1) is 5.02 Å². The van der Waals surface area contributed by atoms with Gasteiger partial charge in [-0.15, -0.1) is 0 Å². The van der Waals surface area contributed by atoms with Crippen molar-refractivity contribution in [2.75, 3.05) is 6.79 Å². The molecule has 0 amide bonds. The van der Waals surface area contributed by atoms with Crippen molar-refractivity contribution in [3.63, 3.8) is 0 Å². The first kappa shape index (κ1) is 15.0. The largest absolute Gasteiger partial charge is 0.454 e. The van der Waals surface area contributed by atoms with Gasteiger partial charge in [0.1, 0.15) is 0 Å². The zero-order valence-electron chi connectivity index (χ0n) is 12.7. The number of ether oxygens (including phenoxy) is 2. The van der Waals surface area contributed by atoms with Gasteiger partial charge in [0, 0.05) is 12.6 Å². The van der Waals surface area contributed by atoms with Crippen LogP contribution in [0.5, 0.6) is 11.5 Å². The van der Waals surface area contributed by atoms with Crippen LogP contribution in [0.3, 0.4) is 0 Å². The normalized spacial score (nSPS) is 20.3. The van der Waals surface area contributed by atoms with Gasteiger partial charge in [-0.3, -0.25) is 0 Å². The molecule has 1 saturated carbocycles. The fraction of sp³-hybridized carbons (Fsp3) is 0.647. The molecule has 0 aromatic heterocycles. The second kappa shape index (κ2) is 6.89. The van der Waals surface area contributed by atoms with Crippen LogP contribution in [0.4, 0.5) is 0 Å². The predicted octanol–water partition coefficient (Wildman–Crippen LogP) is 4.52. The van der Waals surface area contributed by atoms with Crippen LogP contribution in [0.2, 0.25) is 5.02 Å². The zero-order chi connectivity index (χ0) is 14.7. The van der Waals surface area contributed by atoms with Crippen molar-refractivity contribution in [1.82, 2.24) is 5.32 Å². The fourth-order valence-electron chi connectivity index (χ4n) is 3.38. The minimum Gasteiger partial charge on any atom is -0.454 e. The zero-order valence-corrected chi connectivity index (χ0v) is 13.4.